The average Bonchev–Trinajstić information content (AvgIpc) is 2.31. The molecule has 1 aromatic rings. The van der Waals surface area contributed by atoms with E-state index in [-0.39, 0.29) is 11.9 Å². The number of nitrogens with two attached hydrogens (primary N) is 1. The zero-order valence-electron chi connectivity index (χ0n) is 8.39. The lowest BCUT2D eigenvalue weighted by atomic mass is 10.1. The molecule has 1 aromatic heterocycles. The van der Waals surface area contributed by atoms with Crippen LogP contribution in [0.1, 0.15) is 21.7 Å². The van der Waals surface area contributed by atoms with E-state index in [2.05, 4.69) is 12.2 Å². The predicted molar refractivity (Wildman–Crippen MR) is 58.7 cm³/mol. The monoisotopic (exact) mass is 210 g/mol. The summed E-state index contributed by atoms with van der Waals surface area (Å²) < 4.78 is 0. The molecule has 1 amide bonds. The van der Waals surface area contributed by atoms with Crippen molar-refractivity contribution in [1.29, 1.82) is 0 Å². The number of hydrogen-bond donors (Lipinski definition) is 2. The second-order valence-electron chi connectivity index (χ2n) is 3.70. The fourth-order valence-electron chi connectivity index (χ4n) is 1.84. The molecular weight excluding hydrogens is 196 g/mol. The molecule has 0 saturated heterocycles. The molecule has 1 atom stereocenters. The minimum absolute atomic E-state index is 0.0512. The van der Waals surface area contributed by atoms with Crippen LogP contribution in [0, 0.1) is 13.8 Å². The number of hydrogen-bond acceptors (Lipinski definition) is 3. The van der Waals surface area contributed by atoms with Crippen LogP contribution in [0.25, 0.3) is 0 Å². The first kappa shape index (κ1) is 9.68. The van der Waals surface area contributed by atoms with Gasteiger partial charge in [0.05, 0.1) is 11.7 Å². The first-order chi connectivity index (χ1) is 6.59. The Bertz CT molecular complexity index is 384. The first-order valence-corrected chi connectivity index (χ1v) is 5.56. The van der Waals surface area contributed by atoms with Gasteiger partial charge in [0, 0.05) is 9.75 Å². The summed E-state index contributed by atoms with van der Waals surface area (Å²) in [6, 6.07) is -0.355. The number of carbonyl (C=O) groups excluding carboxylic acids is 1. The summed E-state index contributed by atoms with van der Waals surface area (Å²) in [4.78, 5) is 14.0. The fourth-order valence-corrected chi connectivity index (χ4v) is 2.91. The van der Waals surface area contributed by atoms with Crippen molar-refractivity contribution in [1.82, 2.24) is 0 Å². The van der Waals surface area contributed by atoms with Crippen molar-refractivity contribution in [3.8, 4) is 0 Å². The van der Waals surface area contributed by atoms with Crippen LogP contribution in [0.4, 0.5) is 5.69 Å². The first-order valence-electron chi connectivity index (χ1n) is 4.75. The van der Waals surface area contributed by atoms with Crippen molar-refractivity contribution in [3.63, 3.8) is 0 Å². The van der Waals surface area contributed by atoms with Gasteiger partial charge in [0.2, 0.25) is 5.91 Å². The second kappa shape index (κ2) is 3.37. The van der Waals surface area contributed by atoms with Crippen LogP contribution < -0.4 is 11.1 Å². The highest BCUT2D eigenvalue weighted by molar-refractivity contribution is 7.12. The van der Waals surface area contributed by atoms with E-state index < -0.39 is 0 Å². The van der Waals surface area contributed by atoms with E-state index in [0.29, 0.717) is 0 Å². The second-order valence-corrected chi connectivity index (χ2v) is 5.13. The number of aryl methyl sites for hydroxylation is 2. The molecule has 3 N–H and O–H groups in total. The molecule has 76 valence electrons. The zero-order chi connectivity index (χ0) is 10.3. The van der Waals surface area contributed by atoms with E-state index in [4.69, 9.17) is 5.73 Å². The van der Waals surface area contributed by atoms with Gasteiger partial charge in [-0.2, -0.15) is 0 Å². The Balaban J connectivity index is 2.44. The van der Waals surface area contributed by atoms with Crippen molar-refractivity contribution in [2.45, 2.75) is 32.7 Å². The maximum atomic E-state index is 11.5. The Kier molecular flexibility index (Phi) is 2.33. The molecular formula is C10H14N2OS. The number of fused-ring (bicyclic) bond motifs is 1. The van der Waals surface area contributed by atoms with Crippen molar-refractivity contribution in [2.24, 2.45) is 5.73 Å². The Labute approximate surface area is 87.3 Å². The van der Waals surface area contributed by atoms with Crippen LogP contribution in [0.5, 0.6) is 0 Å². The Morgan fingerprint density at radius 1 is 1.43 bits per heavy atom. The third-order valence-corrected chi connectivity index (χ3v) is 3.74. The van der Waals surface area contributed by atoms with Gasteiger partial charge in [-0.3, -0.25) is 4.79 Å². The molecule has 0 saturated carbocycles. The highest BCUT2D eigenvalue weighted by Crippen LogP contribution is 2.34. The van der Waals surface area contributed by atoms with E-state index >= 15 is 0 Å². The maximum absolute atomic E-state index is 11.5. The summed E-state index contributed by atoms with van der Waals surface area (Å²) in [6.45, 7) is 4.13. The van der Waals surface area contributed by atoms with Crippen LogP contribution in [0.3, 0.4) is 0 Å². The van der Waals surface area contributed by atoms with Gasteiger partial charge in [0.1, 0.15) is 0 Å². The number of carbonyl (C=O) groups is 1. The van der Waals surface area contributed by atoms with E-state index in [9.17, 15) is 4.79 Å². The van der Waals surface area contributed by atoms with Gasteiger partial charge in [0.15, 0.2) is 0 Å². The molecule has 1 aliphatic rings. The molecule has 4 heteroatoms. The van der Waals surface area contributed by atoms with Crippen LogP contribution in [-0.4, -0.2) is 11.9 Å². The molecule has 1 unspecified atom stereocenters. The Morgan fingerprint density at radius 3 is 2.86 bits per heavy atom. The molecule has 2 heterocycles. The SMILES string of the molecule is Cc1sc(C)c2c1CCC(N)C(=O)N2. The summed E-state index contributed by atoms with van der Waals surface area (Å²) in [5.41, 5.74) is 7.99. The van der Waals surface area contributed by atoms with E-state index in [1.54, 1.807) is 11.3 Å². The van der Waals surface area contributed by atoms with Gasteiger partial charge in [-0.25, -0.2) is 0 Å². The summed E-state index contributed by atoms with van der Waals surface area (Å²) in [7, 11) is 0. The van der Waals surface area contributed by atoms with Crippen molar-refractivity contribution in [2.75, 3.05) is 5.32 Å². The summed E-state index contributed by atoms with van der Waals surface area (Å²) in [5.74, 6) is -0.0512. The molecule has 0 radical (unpaired) electrons. The lowest BCUT2D eigenvalue weighted by Gasteiger charge is -2.06. The van der Waals surface area contributed by atoms with Crippen molar-refractivity contribution in [3.05, 3.63) is 15.3 Å². The van der Waals surface area contributed by atoms with Gasteiger partial charge in [-0.1, -0.05) is 0 Å². The zero-order valence-corrected chi connectivity index (χ0v) is 9.20. The van der Waals surface area contributed by atoms with Gasteiger partial charge in [0.25, 0.3) is 0 Å². The fraction of sp³-hybridized carbons (Fsp3) is 0.500. The number of thiophene rings is 1. The van der Waals surface area contributed by atoms with Crippen LogP contribution in [-0.2, 0) is 11.2 Å². The minimum atomic E-state index is -0.355. The molecule has 1 aliphatic heterocycles. The molecule has 0 aliphatic carbocycles. The molecule has 14 heavy (non-hydrogen) atoms. The van der Waals surface area contributed by atoms with Gasteiger partial charge < -0.3 is 11.1 Å². The smallest absolute Gasteiger partial charge is 0.241 e. The molecule has 0 fully saturated rings. The normalized spacial score (nSPS) is 21.4. The van der Waals surface area contributed by atoms with E-state index in [0.717, 1.165) is 18.5 Å². The Morgan fingerprint density at radius 2 is 2.14 bits per heavy atom. The van der Waals surface area contributed by atoms with Crippen LogP contribution >= 0.6 is 11.3 Å². The van der Waals surface area contributed by atoms with E-state index in [1.165, 1.54) is 15.3 Å². The highest BCUT2D eigenvalue weighted by atomic mass is 32.1. The Hall–Kier alpha value is -0.870. The number of rotatable bonds is 0. The van der Waals surface area contributed by atoms with Gasteiger partial charge in [-0.05, 0) is 32.3 Å². The topological polar surface area (TPSA) is 55.1 Å². The standard InChI is InChI=1S/C10H14N2OS/c1-5-7-3-4-8(11)10(13)12-9(7)6(2)14-5/h8H,3-4,11H2,1-2H3,(H,12,13). The third-order valence-electron chi connectivity index (χ3n) is 2.68. The van der Waals surface area contributed by atoms with Crippen molar-refractivity contribution < 1.29 is 4.79 Å². The summed E-state index contributed by atoms with van der Waals surface area (Å²) in [6.07, 6.45) is 1.65. The average molecular weight is 210 g/mol. The molecule has 2 rings (SSSR count). The molecule has 0 bridgehead atoms. The minimum Gasteiger partial charge on any atom is -0.323 e. The maximum Gasteiger partial charge on any atom is 0.241 e. The van der Waals surface area contributed by atoms with Gasteiger partial charge in [-0.15, -0.1) is 11.3 Å². The molecule has 0 aromatic carbocycles. The predicted octanol–water partition coefficient (Wildman–Crippen LogP) is 1.58. The summed E-state index contributed by atoms with van der Waals surface area (Å²) in [5, 5.41) is 2.91. The van der Waals surface area contributed by atoms with Crippen LogP contribution in [0.2, 0.25) is 0 Å². The van der Waals surface area contributed by atoms with Crippen molar-refractivity contribution >= 4 is 22.9 Å². The van der Waals surface area contributed by atoms with Gasteiger partial charge >= 0.3 is 0 Å². The molecule has 3 nitrogen and oxygen atoms in total. The quantitative estimate of drug-likeness (QED) is 0.683. The lowest BCUT2D eigenvalue weighted by Crippen LogP contribution is -2.34. The number of amides is 1. The van der Waals surface area contributed by atoms with E-state index in [1.807, 2.05) is 6.92 Å². The molecule has 0 spiro atoms. The summed E-state index contributed by atoms with van der Waals surface area (Å²) >= 11 is 1.74. The third kappa shape index (κ3) is 1.44. The lowest BCUT2D eigenvalue weighted by molar-refractivity contribution is -0.117. The largest absolute Gasteiger partial charge is 0.323 e. The highest BCUT2D eigenvalue weighted by Gasteiger charge is 2.23. The number of anilines is 1. The van der Waals surface area contributed by atoms with Crippen LogP contribution in [0.15, 0.2) is 0 Å². The number of nitrogens with one attached hydrogen (secondary N) is 1.